The van der Waals surface area contributed by atoms with E-state index >= 15 is 0 Å². The van der Waals surface area contributed by atoms with Crippen molar-refractivity contribution in [2.75, 3.05) is 12.8 Å². The van der Waals surface area contributed by atoms with Gasteiger partial charge in [0.1, 0.15) is 5.75 Å². The van der Waals surface area contributed by atoms with Gasteiger partial charge in [-0.2, -0.15) is 0 Å². The Balaban J connectivity index is 1.82. The summed E-state index contributed by atoms with van der Waals surface area (Å²) in [5.74, 6) is 0.859. The summed E-state index contributed by atoms with van der Waals surface area (Å²) in [6.07, 6.45) is 0. The molecule has 2 N–H and O–H groups in total. The van der Waals surface area contributed by atoms with Gasteiger partial charge in [0.05, 0.1) is 20.3 Å². The lowest BCUT2D eigenvalue weighted by atomic mass is 10.2. The topological polar surface area (TPSA) is 44.5 Å². The number of benzene rings is 2. The van der Waals surface area contributed by atoms with Crippen LogP contribution in [0.5, 0.6) is 5.75 Å². The highest BCUT2D eigenvalue weighted by molar-refractivity contribution is 5.39. The van der Waals surface area contributed by atoms with Gasteiger partial charge >= 0.3 is 0 Å². The van der Waals surface area contributed by atoms with Crippen molar-refractivity contribution in [1.29, 1.82) is 0 Å². The summed E-state index contributed by atoms with van der Waals surface area (Å²) in [5.41, 5.74) is 8.65. The summed E-state index contributed by atoms with van der Waals surface area (Å²) < 4.78 is 10.7. The molecule has 2 aromatic rings. The molecule has 94 valence electrons. The SMILES string of the molecule is COc1ccc(COCc2ccc(N)cc2)cc1. The minimum absolute atomic E-state index is 0.590. The zero-order valence-corrected chi connectivity index (χ0v) is 10.4. The van der Waals surface area contributed by atoms with Crippen molar-refractivity contribution >= 4 is 5.69 Å². The van der Waals surface area contributed by atoms with Crippen molar-refractivity contribution in [3.63, 3.8) is 0 Å². The molecule has 0 spiro atoms. The molecule has 0 amide bonds. The molecule has 0 aliphatic rings. The maximum absolute atomic E-state index is 5.64. The van der Waals surface area contributed by atoms with Crippen LogP contribution >= 0.6 is 0 Å². The Labute approximate surface area is 107 Å². The summed E-state index contributed by atoms with van der Waals surface area (Å²) in [6, 6.07) is 15.6. The number of hydrogen-bond acceptors (Lipinski definition) is 3. The Kier molecular flexibility index (Phi) is 4.20. The Hall–Kier alpha value is -2.00. The smallest absolute Gasteiger partial charge is 0.118 e. The van der Waals surface area contributed by atoms with Crippen LogP contribution in [-0.2, 0) is 18.0 Å². The van der Waals surface area contributed by atoms with Gasteiger partial charge in [-0.15, -0.1) is 0 Å². The van der Waals surface area contributed by atoms with Crippen LogP contribution in [0, 0.1) is 0 Å². The normalized spacial score (nSPS) is 10.3. The molecule has 0 atom stereocenters. The molecular weight excluding hydrogens is 226 g/mol. The van der Waals surface area contributed by atoms with E-state index in [9.17, 15) is 0 Å². The summed E-state index contributed by atoms with van der Waals surface area (Å²) >= 11 is 0. The van der Waals surface area contributed by atoms with Crippen LogP contribution in [0.1, 0.15) is 11.1 Å². The fourth-order valence-electron chi connectivity index (χ4n) is 1.62. The number of ether oxygens (including phenoxy) is 2. The van der Waals surface area contributed by atoms with E-state index in [1.165, 1.54) is 0 Å². The van der Waals surface area contributed by atoms with E-state index in [-0.39, 0.29) is 0 Å². The Morgan fingerprint density at radius 2 is 1.33 bits per heavy atom. The lowest BCUT2D eigenvalue weighted by molar-refractivity contribution is 0.107. The van der Waals surface area contributed by atoms with E-state index in [2.05, 4.69) is 0 Å². The minimum atomic E-state index is 0.590. The van der Waals surface area contributed by atoms with Crippen molar-refractivity contribution in [3.8, 4) is 5.75 Å². The van der Waals surface area contributed by atoms with Crippen LogP contribution in [-0.4, -0.2) is 7.11 Å². The number of rotatable bonds is 5. The van der Waals surface area contributed by atoms with Gasteiger partial charge in [0.2, 0.25) is 0 Å². The van der Waals surface area contributed by atoms with Gasteiger partial charge < -0.3 is 15.2 Å². The summed E-state index contributed by atoms with van der Waals surface area (Å²) in [7, 11) is 1.66. The van der Waals surface area contributed by atoms with Gasteiger partial charge in [-0.1, -0.05) is 24.3 Å². The van der Waals surface area contributed by atoms with E-state index < -0.39 is 0 Å². The molecule has 0 saturated carbocycles. The third kappa shape index (κ3) is 3.50. The molecule has 0 aromatic heterocycles. The summed E-state index contributed by atoms with van der Waals surface area (Å²) in [6.45, 7) is 1.18. The van der Waals surface area contributed by atoms with Crippen LogP contribution in [0.15, 0.2) is 48.5 Å². The summed E-state index contributed by atoms with van der Waals surface area (Å²) in [4.78, 5) is 0. The lowest BCUT2D eigenvalue weighted by Crippen LogP contribution is -1.95. The van der Waals surface area contributed by atoms with E-state index in [1.807, 2.05) is 48.5 Å². The predicted octanol–water partition coefficient (Wildman–Crippen LogP) is 2.99. The van der Waals surface area contributed by atoms with E-state index in [1.54, 1.807) is 7.11 Å². The molecule has 0 unspecified atom stereocenters. The fourth-order valence-corrected chi connectivity index (χ4v) is 1.62. The molecule has 18 heavy (non-hydrogen) atoms. The van der Waals surface area contributed by atoms with Crippen LogP contribution < -0.4 is 10.5 Å². The van der Waals surface area contributed by atoms with Crippen molar-refractivity contribution in [2.24, 2.45) is 0 Å². The van der Waals surface area contributed by atoms with Gasteiger partial charge in [0.15, 0.2) is 0 Å². The Morgan fingerprint density at radius 3 is 1.83 bits per heavy atom. The number of nitrogens with two attached hydrogens (primary N) is 1. The summed E-state index contributed by atoms with van der Waals surface area (Å²) in [5, 5.41) is 0. The monoisotopic (exact) mass is 243 g/mol. The van der Waals surface area contributed by atoms with Gasteiger partial charge in [-0.25, -0.2) is 0 Å². The molecule has 0 aliphatic heterocycles. The average molecular weight is 243 g/mol. The minimum Gasteiger partial charge on any atom is -0.497 e. The molecule has 0 fully saturated rings. The van der Waals surface area contributed by atoms with E-state index in [0.29, 0.717) is 13.2 Å². The second-order valence-electron chi connectivity index (χ2n) is 4.08. The van der Waals surface area contributed by atoms with Gasteiger partial charge in [0.25, 0.3) is 0 Å². The fraction of sp³-hybridized carbons (Fsp3) is 0.200. The maximum Gasteiger partial charge on any atom is 0.118 e. The first-order valence-corrected chi connectivity index (χ1v) is 5.83. The lowest BCUT2D eigenvalue weighted by Gasteiger charge is -2.06. The van der Waals surface area contributed by atoms with Crippen molar-refractivity contribution in [3.05, 3.63) is 59.7 Å². The third-order valence-corrected chi connectivity index (χ3v) is 2.68. The number of nitrogen functional groups attached to an aromatic ring is 1. The van der Waals surface area contributed by atoms with E-state index in [0.717, 1.165) is 22.6 Å². The molecule has 0 saturated heterocycles. The van der Waals surface area contributed by atoms with Crippen LogP contribution in [0.25, 0.3) is 0 Å². The number of hydrogen-bond donors (Lipinski definition) is 1. The molecule has 3 nitrogen and oxygen atoms in total. The highest BCUT2D eigenvalue weighted by Crippen LogP contribution is 2.13. The van der Waals surface area contributed by atoms with Crippen LogP contribution in [0.4, 0.5) is 5.69 Å². The standard InChI is InChI=1S/C15H17NO2/c1-17-15-8-4-13(5-9-15)11-18-10-12-2-6-14(16)7-3-12/h2-9H,10-11,16H2,1H3. The van der Waals surface area contributed by atoms with Gasteiger partial charge in [0, 0.05) is 5.69 Å². The quantitative estimate of drug-likeness (QED) is 0.821. The number of anilines is 1. The van der Waals surface area contributed by atoms with Crippen molar-refractivity contribution < 1.29 is 9.47 Å². The van der Waals surface area contributed by atoms with Crippen molar-refractivity contribution in [1.82, 2.24) is 0 Å². The van der Waals surface area contributed by atoms with Crippen molar-refractivity contribution in [2.45, 2.75) is 13.2 Å². The molecule has 0 radical (unpaired) electrons. The largest absolute Gasteiger partial charge is 0.497 e. The molecule has 2 rings (SSSR count). The zero-order chi connectivity index (χ0) is 12.8. The predicted molar refractivity (Wildman–Crippen MR) is 72.3 cm³/mol. The first-order chi connectivity index (χ1) is 8.78. The van der Waals surface area contributed by atoms with Gasteiger partial charge in [-0.05, 0) is 35.4 Å². The van der Waals surface area contributed by atoms with E-state index in [4.69, 9.17) is 15.2 Å². The number of methoxy groups -OCH3 is 1. The Bertz CT molecular complexity index is 477. The third-order valence-electron chi connectivity index (χ3n) is 2.68. The van der Waals surface area contributed by atoms with Crippen LogP contribution in [0.3, 0.4) is 0 Å². The first kappa shape index (κ1) is 12.5. The maximum atomic E-state index is 5.64. The second kappa shape index (κ2) is 6.07. The zero-order valence-electron chi connectivity index (χ0n) is 10.4. The highest BCUT2D eigenvalue weighted by atomic mass is 16.5. The molecule has 3 heteroatoms. The molecule has 0 aliphatic carbocycles. The molecule has 2 aromatic carbocycles. The Morgan fingerprint density at radius 1 is 0.833 bits per heavy atom. The molecule has 0 heterocycles. The molecule has 0 bridgehead atoms. The van der Waals surface area contributed by atoms with Crippen LogP contribution in [0.2, 0.25) is 0 Å². The second-order valence-corrected chi connectivity index (χ2v) is 4.08. The highest BCUT2D eigenvalue weighted by Gasteiger charge is 1.96. The molecular formula is C15H17NO2. The van der Waals surface area contributed by atoms with Gasteiger partial charge in [-0.3, -0.25) is 0 Å². The first-order valence-electron chi connectivity index (χ1n) is 5.83. The average Bonchev–Trinajstić information content (AvgIpc) is 2.42.